The van der Waals surface area contributed by atoms with Gasteiger partial charge in [0.1, 0.15) is 11.5 Å². The molecule has 0 saturated heterocycles. The van der Waals surface area contributed by atoms with Gasteiger partial charge in [-0.15, -0.1) is 0 Å². The van der Waals surface area contributed by atoms with Crippen molar-refractivity contribution in [1.29, 1.82) is 5.41 Å². The van der Waals surface area contributed by atoms with Crippen LogP contribution in [0, 0.1) is 10.8 Å². The molecule has 136 valence electrons. The molecule has 3 rings (SSSR count). The van der Waals surface area contributed by atoms with E-state index in [9.17, 15) is 0 Å². The number of benzene rings is 1. The minimum absolute atomic E-state index is 0.0434. The number of nitrogen functional groups attached to an aromatic ring is 1. The van der Waals surface area contributed by atoms with Gasteiger partial charge in [-0.05, 0) is 36.2 Å². The van der Waals surface area contributed by atoms with Gasteiger partial charge in [-0.3, -0.25) is 0 Å². The summed E-state index contributed by atoms with van der Waals surface area (Å²) in [7, 11) is 0. The molecule has 0 fully saturated rings. The Morgan fingerprint density at radius 1 is 1.27 bits per heavy atom. The molecule has 8 heteroatoms. The first-order chi connectivity index (χ1) is 12.4. The van der Waals surface area contributed by atoms with E-state index < -0.39 is 0 Å². The predicted molar refractivity (Wildman–Crippen MR) is 107 cm³/mol. The van der Waals surface area contributed by atoms with E-state index in [0.717, 1.165) is 22.5 Å². The molecule has 3 aromatic rings. The highest BCUT2D eigenvalue weighted by atomic mass is 15.2. The fraction of sp³-hybridized carbons (Fsp3) is 0.278. The van der Waals surface area contributed by atoms with Crippen molar-refractivity contribution >= 4 is 40.4 Å². The number of nitrogens with two attached hydrogens (primary N) is 2. The third-order valence-electron chi connectivity index (χ3n) is 4.20. The Labute approximate surface area is 151 Å². The Bertz CT molecular complexity index is 928. The fourth-order valence-electron chi connectivity index (χ4n) is 2.44. The maximum absolute atomic E-state index is 7.32. The number of anilines is 4. The molecule has 1 aromatic carbocycles. The van der Waals surface area contributed by atoms with Gasteiger partial charge in [-0.25, -0.2) is 0 Å². The van der Waals surface area contributed by atoms with Crippen molar-refractivity contribution in [2.45, 2.75) is 13.8 Å². The third kappa shape index (κ3) is 3.75. The van der Waals surface area contributed by atoms with Crippen LogP contribution >= 0.6 is 0 Å². The van der Waals surface area contributed by atoms with Crippen molar-refractivity contribution in [2.24, 2.45) is 11.1 Å². The second-order valence-corrected chi connectivity index (χ2v) is 6.97. The highest BCUT2D eigenvalue weighted by Crippen LogP contribution is 2.25. The standard InChI is InChI=1S/C18H24N8/c1-18(2,9-20)10-23-16-13-5-6-22-15(13)25-17(26-16)24-12-4-3-11(8-19)14(21)7-12/h3-8,19H,9-10,20-21H2,1-2H3,(H3,22,23,24,25,26). The zero-order chi connectivity index (χ0) is 18.7. The van der Waals surface area contributed by atoms with Crippen LogP contribution in [0.2, 0.25) is 0 Å². The first-order valence-electron chi connectivity index (χ1n) is 8.38. The molecule has 0 spiro atoms. The van der Waals surface area contributed by atoms with Gasteiger partial charge < -0.3 is 32.5 Å². The van der Waals surface area contributed by atoms with Crippen LogP contribution in [-0.4, -0.2) is 34.3 Å². The fourth-order valence-corrected chi connectivity index (χ4v) is 2.44. The molecule has 8 nitrogen and oxygen atoms in total. The quantitative estimate of drug-likeness (QED) is 0.285. The van der Waals surface area contributed by atoms with Crippen LogP contribution < -0.4 is 22.1 Å². The number of rotatable bonds is 7. The lowest BCUT2D eigenvalue weighted by molar-refractivity contribution is 0.405. The van der Waals surface area contributed by atoms with Crippen LogP contribution in [0.25, 0.3) is 11.0 Å². The summed E-state index contributed by atoms with van der Waals surface area (Å²) in [6, 6.07) is 7.31. The smallest absolute Gasteiger partial charge is 0.231 e. The van der Waals surface area contributed by atoms with Crippen molar-refractivity contribution in [3.05, 3.63) is 36.0 Å². The van der Waals surface area contributed by atoms with Gasteiger partial charge >= 0.3 is 0 Å². The van der Waals surface area contributed by atoms with Crippen LogP contribution in [0.3, 0.4) is 0 Å². The average Bonchev–Trinajstić information content (AvgIpc) is 3.08. The third-order valence-corrected chi connectivity index (χ3v) is 4.20. The largest absolute Gasteiger partial charge is 0.398 e. The SMILES string of the molecule is CC(C)(CN)CNc1nc(Nc2ccc(C=N)c(N)c2)nc2[nH]ccc12. The number of fused-ring (bicyclic) bond motifs is 1. The van der Waals surface area contributed by atoms with Crippen LogP contribution in [0.1, 0.15) is 19.4 Å². The van der Waals surface area contributed by atoms with E-state index >= 15 is 0 Å². The van der Waals surface area contributed by atoms with Crippen molar-refractivity contribution in [3.8, 4) is 0 Å². The maximum atomic E-state index is 7.32. The van der Waals surface area contributed by atoms with E-state index in [1.165, 1.54) is 6.21 Å². The zero-order valence-corrected chi connectivity index (χ0v) is 14.9. The molecule has 8 N–H and O–H groups in total. The second-order valence-electron chi connectivity index (χ2n) is 6.97. The van der Waals surface area contributed by atoms with Gasteiger partial charge in [0.15, 0.2) is 0 Å². The first kappa shape index (κ1) is 17.7. The molecule has 0 radical (unpaired) electrons. The Morgan fingerprint density at radius 2 is 2.08 bits per heavy atom. The van der Waals surface area contributed by atoms with Crippen molar-refractivity contribution < 1.29 is 0 Å². The van der Waals surface area contributed by atoms with Gasteiger partial charge in [0.25, 0.3) is 0 Å². The van der Waals surface area contributed by atoms with E-state index in [1.807, 2.05) is 18.3 Å². The summed E-state index contributed by atoms with van der Waals surface area (Å²) in [6.07, 6.45) is 3.06. The Morgan fingerprint density at radius 3 is 2.77 bits per heavy atom. The Balaban J connectivity index is 1.89. The van der Waals surface area contributed by atoms with Crippen LogP contribution in [0.15, 0.2) is 30.5 Å². The highest BCUT2D eigenvalue weighted by molar-refractivity contribution is 5.89. The van der Waals surface area contributed by atoms with E-state index in [0.29, 0.717) is 30.3 Å². The highest BCUT2D eigenvalue weighted by Gasteiger charge is 2.17. The zero-order valence-electron chi connectivity index (χ0n) is 14.9. The number of aromatic nitrogens is 3. The molecule has 0 aliphatic heterocycles. The molecule has 26 heavy (non-hydrogen) atoms. The lowest BCUT2D eigenvalue weighted by Gasteiger charge is -2.23. The summed E-state index contributed by atoms with van der Waals surface area (Å²) < 4.78 is 0. The van der Waals surface area contributed by atoms with Crippen LogP contribution in [-0.2, 0) is 0 Å². The number of nitrogens with zero attached hydrogens (tertiary/aromatic N) is 2. The summed E-state index contributed by atoms with van der Waals surface area (Å²) in [5.74, 6) is 1.19. The minimum Gasteiger partial charge on any atom is -0.398 e. The monoisotopic (exact) mass is 352 g/mol. The van der Waals surface area contributed by atoms with E-state index in [1.54, 1.807) is 12.1 Å². The van der Waals surface area contributed by atoms with Crippen LogP contribution in [0.5, 0.6) is 0 Å². The summed E-state index contributed by atoms with van der Waals surface area (Å²) in [5, 5.41) is 14.8. The van der Waals surface area contributed by atoms with E-state index in [-0.39, 0.29) is 5.41 Å². The maximum Gasteiger partial charge on any atom is 0.231 e. The van der Waals surface area contributed by atoms with Crippen molar-refractivity contribution in [1.82, 2.24) is 15.0 Å². The molecule has 2 heterocycles. The second kappa shape index (κ2) is 7.01. The molecular formula is C18H24N8. The summed E-state index contributed by atoms with van der Waals surface area (Å²) in [6.45, 7) is 5.47. The lowest BCUT2D eigenvalue weighted by atomic mass is 9.94. The minimum atomic E-state index is -0.0434. The molecule has 0 aliphatic carbocycles. The van der Waals surface area contributed by atoms with Gasteiger partial charge in [-0.1, -0.05) is 13.8 Å². The summed E-state index contributed by atoms with van der Waals surface area (Å²) in [5.41, 5.74) is 14.4. The Hall–Kier alpha value is -3.13. The average molecular weight is 352 g/mol. The first-order valence-corrected chi connectivity index (χ1v) is 8.38. The molecule has 0 aliphatic rings. The number of nitrogens with one attached hydrogen (secondary N) is 4. The van der Waals surface area contributed by atoms with E-state index in [4.69, 9.17) is 16.9 Å². The van der Waals surface area contributed by atoms with Crippen LogP contribution in [0.4, 0.5) is 23.1 Å². The van der Waals surface area contributed by atoms with Crippen molar-refractivity contribution in [2.75, 3.05) is 29.5 Å². The molecule has 0 amide bonds. The number of hydrogen-bond acceptors (Lipinski definition) is 7. The summed E-state index contributed by atoms with van der Waals surface area (Å²) in [4.78, 5) is 12.2. The molecule has 0 atom stereocenters. The summed E-state index contributed by atoms with van der Waals surface area (Å²) >= 11 is 0. The van der Waals surface area contributed by atoms with Gasteiger partial charge in [0.05, 0.1) is 5.39 Å². The van der Waals surface area contributed by atoms with E-state index in [2.05, 4.69) is 39.4 Å². The van der Waals surface area contributed by atoms with Gasteiger partial charge in [0, 0.05) is 35.9 Å². The lowest BCUT2D eigenvalue weighted by Crippen LogP contribution is -2.31. The molecule has 0 bridgehead atoms. The normalized spacial score (nSPS) is 11.5. The number of aromatic amines is 1. The topological polar surface area (TPSA) is 142 Å². The predicted octanol–water partition coefficient (Wildman–Crippen LogP) is 2.68. The van der Waals surface area contributed by atoms with Crippen molar-refractivity contribution in [3.63, 3.8) is 0 Å². The number of H-pyrrole nitrogens is 1. The molecule has 0 unspecified atom stereocenters. The Kier molecular flexibility index (Phi) is 4.77. The number of hydrogen-bond donors (Lipinski definition) is 6. The van der Waals surface area contributed by atoms with Gasteiger partial charge in [-0.2, -0.15) is 9.97 Å². The van der Waals surface area contributed by atoms with Gasteiger partial charge in [0.2, 0.25) is 5.95 Å². The molecule has 2 aromatic heterocycles. The molecular weight excluding hydrogens is 328 g/mol. The molecule has 0 saturated carbocycles.